The highest BCUT2D eigenvalue weighted by atomic mass is 16.3. The maximum atomic E-state index is 9.76. The first-order valence-corrected chi connectivity index (χ1v) is 16.2. The molecule has 10 rings (SSSR count). The van der Waals surface area contributed by atoms with Crippen LogP contribution in [0.15, 0.2) is 186 Å². The molecule has 238 valence electrons. The van der Waals surface area contributed by atoms with Crippen LogP contribution < -0.4 is 0 Å². The summed E-state index contributed by atoms with van der Waals surface area (Å²) in [5.74, 6) is 0.356. The van der Waals surface area contributed by atoms with Gasteiger partial charge in [0.15, 0.2) is 5.82 Å². The van der Waals surface area contributed by atoms with E-state index in [2.05, 4.69) is 0 Å². The number of rotatable bonds is 5. The van der Waals surface area contributed by atoms with Crippen molar-refractivity contribution >= 4 is 43.5 Å². The molecule has 0 atom stereocenters. The largest absolute Gasteiger partial charge is 0.455 e. The molecule has 3 nitrogen and oxygen atoms in total. The third kappa shape index (κ3) is 5.06. The summed E-state index contributed by atoms with van der Waals surface area (Å²) in [6.45, 7) is 0. The molecule has 0 radical (unpaired) electrons. The number of fused-ring (bicyclic) bond motifs is 5. The van der Waals surface area contributed by atoms with Gasteiger partial charge in [-0.3, -0.25) is 0 Å². The number of aromatic nitrogens is 2. The molecule has 0 bridgehead atoms. The number of hydrogen-bond acceptors (Lipinski definition) is 3. The van der Waals surface area contributed by atoms with Crippen molar-refractivity contribution in [2.45, 2.75) is 0 Å². The van der Waals surface area contributed by atoms with Crippen LogP contribution in [0.2, 0.25) is 0 Å². The maximum absolute atomic E-state index is 9.76. The minimum atomic E-state index is -0.740. The molecule has 0 unspecified atom stereocenters. The molecular weight excluding hydrogens is 621 g/mol. The van der Waals surface area contributed by atoms with Crippen molar-refractivity contribution in [1.29, 1.82) is 0 Å². The van der Waals surface area contributed by atoms with Gasteiger partial charge in [-0.15, -0.1) is 0 Å². The fraction of sp³-hybridized carbons (Fsp3) is 0. The van der Waals surface area contributed by atoms with Crippen molar-refractivity contribution in [1.82, 2.24) is 9.97 Å². The lowest BCUT2D eigenvalue weighted by molar-refractivity contribution is 0.670. The number of furan rings is 1. The van der Waals surface area contributed by atoms with Crippen LogP contribution in [-0.2, 0) is 0 Å². The summed E-state index contributed by atoms with van der Waals surface area (Å²) in [6.07, 6.45) is 0. The van der Waals surface area contributed by atoms with Crippen molar-refractivity contribution < 1.29 is 22.2 Å². The zero-order valence-electron chi connectivity index (χ0n) is 39.6. The van der Waals surface area contributed by atoms with Gasteiger partial charge < -0.3 is 4.42 Å². The molecule has 3 heteroatoms. The molecule has 0 aliphatic rings. The molecule has 0 saturated heterocycles. The first-order valence-electron chi connectivity index (χ1n) is 22.7. The van der Waals surface area contributed by atoms with Gasteiger partial charge in [0.2, 0.25) is 0 Å². The summed E-state index contributed by atoms with van der Waals surface area (Å²) < 4.78 is 124. The summed E-state index contributed by atoms with van der Waals surface area (Å²) >= 11 is 0. The fourth-order valence-electron chi connectivity index (χ4n) is 6.43. The highest BCUT2D eigenvalue weighted by molar-refractivity contribution is 6.18. The Morgan fingerprint density at radius 2 is 1.06 bits per heavy atom. The molecule has 2 heterocycles. The van der Waals surface area contributed by atoms with Crippen LogP contribution >= 0.6 is 0 Å². The van der Waals surface area contributed by atoms with Crippen molar-refractivity contribution in [3.63, 3.8) is 0 Å². The third-order valence-electron chi connectivity index (χ3n) is 8.87. The van der Waals surface area contributed by atoms with E-state index in [0.717, 1.165) is 16.3 Å². The van der Waals surface area contributed by atoms with E-state index in [-0.39, 0.29) is 28.4 Å². The number of benzene rings is 8. The quantitative estimate of drug-likeness (QED) is 0.184. The zero-order valence-corrected chi connectivity index (χ0v) is 26.6. The molecule has 0 spiro atoms. The predicted octanol–water partition coefficient (Wildman–Crippen LogP) is 13.0. The van der Waals surface area contributed by atoms with E-state index < -0.39 is 100.0 Å². The van der Waals surface area contributed by atoms with E-state index in [1.165, 1.54) is 0 Å². The van der Waals surface area contributed by atoms with E-state index in [4.69, 9.17) is 24.0 Å². The van der Waals surface area contributed by atoms with Crippen LogP contribution in [0.25, 0.3) is 99.6 Å². The molecule has 0 aliphatic carbocycles. The molecule has 51 heavy (non-hydrogen) atoms. The highest BCUT2D eigenvalue weighted by Crippen LogP contribution is 2.43. The number of nitrogens with zero attached hydrogens (tertiary/aromatic N) is 2. The lowest BCUT2D eigenvalue weighted by atomic mass is 9.93. The molecule has 0 amide bonds. The van der Waals surface area contributed by atoms with Gasteiger partial charge in [-0.05, 0) is 62.5 Å². The van der Waals surface area contributed by atoms with Crippen molar-refractivity contribution in [3.8, 4) is 56.2 Å². The average molecular weight is 664 g/mol. The first kappa shape index (κ1) is 18.8. The minimum Gasteiger partial charge on any atom is -0.455 e. The van der Waals surface area contributed by atoms with Crippen molar-refractivity contribution in [3.05, 3.63) is 182 Å². The van der Waals surface area contributed by atoms with Gasteiger partial charge in [0.05, 0.1) is 29.2 Å². The monoisotopic (exact) mass is 663 g/mol. The topological polar surface area (TPSA) is 38.9 Å². The molecule has 2 aromatic heterocycles. The van der Waals surface area contributed by atoms with E-state index in [1.54, 1.807) is 6.07 Å². The van der Waals surface area contributed by atoms with Gasteiger partial charge in [0, 0.05) is 33.0 Å². The van der Waals surface area contributed by atoms with Gasteiger partial charge in [0.1, 0.15) is 11.2 Å². The van der Waals surface area contributed by atoms with Crippen LogP contribution in [0.3, 0.4) is 0 Å². The Kier molecular flexibility index (Phi) is 4.40. The van der Waals surface area contributed by atoms with Crippen LogP contribution in [0, 0.1) is 0 Å². The van der Waals surface area contributed by atoms with Crippen LogP contribution in [0.5, 0.6) is 0 Å². The average Bonchev–Trinajstić information content (AvgIpc) is 3.67. The lowest BCUT2D eigenvalue weighted by Gasteiger charge is -2.12. The molecule has 10 aromatic rings. The zero-order chi connectivity index (χ0) is 45.0. The van der Waals surface area contributed by atoms with Gasteiger partial charge >= 0.3 is 0 Å². The minimum absolute atomic E-state index is 0.0104. The van der Waals surface area contributed by atoms with Gasteiger partial charge in [-0.1, -0.05) is 157 Å². The summed E-state index contributed by atoms with van der Waals surface area (Å²) in [4.78, 5) is 9.90. The Morgan fingerprint density at radius 3 is 1.84 bits per heavy atom. The Labute approximate surface area is 313 Å². The molecule has 0 N–H and O–H groups in total. The Bertz CT molecular complexity index is 3560. The normalized spacial score (nSPS) is 15.1. The molecule has 8 aromatic carbocycles. The smallest absolute Gasteiger partial charge is 0.160 e. The molecular formula is C48H30N2O. The van der Waals surface area contributed by atoms with Gasteiger partial charge in [0.25, 0.3) is 0 Å². The molecule has 0 saturated carbocycles. The van der Waals surface area contributed by atoms with Crippen LogP contribution in [-0.4, -0.2) is 9.97 Å². The summed E-state index contributed by atoms with van der Waals surface area (Å²) in [5, 5.41) is 1.72. The Balaban J connectivity index is 1.32. The van der Waals surface area contributed by atoms with Gasteiger partial charge in [-0.25, -0.2) is 9.97 Å². The van der Waals surface area contributed by atoms with E-state index in [1.807, 2.05) is 97.1 Å². The Morgan fingerprint density at radius 1 is 0.431 bits per heavy atom. The van der Waals surface area contributed by atoms with Crippen LogP contribution in [0.1, 0.15) is 17.8 Å². The highest BCUT2D eigenvalue weighted by Gasteiger charge is 2.20. The second-order valence-electron chi connectivity index (χ2n) is 11.9. The standard InChI is InChI=1S/C48H30N2O/c1-3-13-34(14-4-1)43-30-44(50-48(49-43)35-15-5-2-6-16-35)41-27-26-40(47-46(41)42-28-36-17-7-8-18-37(36)29-45(42)51-47)33-24-22-32(23-25-33)39-21-11-19-31-12-9-10-20-38(31)39/h1-30H/i9D,10D,11D,12D,19D,20D,21D,22D,23D,24D,25D,26D,27D. The van der Waals surface area contributed by atoms with Gasteiger partial charge in [-0.2, -0.15) is 0 Å². The fourth-order valence-corrected chi connectivity index (χ4v) is 6.43. The van der Waals surface area contributed by atoms with Crippen molar-refractivity contribution in [2.75, 3.05) is 0 Å². The second kappa shape index (κ2) is 11.9. The predicted molar refractivity (Wildman–Crippen MR) is 212 cm³/mol. The van der Waals surface area contributed by atoms with Crippen molar-refractivity contribution in [2.24, 2.45) is 0 Å². The lowest BCUT2D eigenvalue weighted by Crippen LogP contribution is -1.96. The third-order valence-corrected chi connectivity index (χ3v) is 8.87. The SMILES string of the molecule is [2H]c1c([2H])c(-c2c([2H])c([2H])c([2H])c3c([2H])c([2H])c([2H])c([2H])c23)c([2H])c([2H])c1-c1c([2H])c([2H])c(-c2cc(-c3ccccc3)nc(-c3ccccc3)n2)c2c1oc1cc3ccccc3cc12. The van der Waals surface area contributed by atoms with E-state index in [9.17, 15) is 8.22 Å². The Hall–Kier alpha value is -6.84. The van der Waals surface area contributed by atoms with Crippen LogP contribution in [0.4, 0.5) is 0 Å². The second-order valence-corrected chi connectivity index (χ2v) is 11.9. The maximum Gasteiger partial charge on any atom is 0.160 e. The van der Waals surface area contributed by atoms with E-state index in [0.29, 0.717) is 33.4 Å². The number of hydrogen-bond donors (Lipinski definition) is 0. The summed E-state index contributed by atoms with van der Waals surface area (Å²) in [6, 6.07) is 23.2. The summed E-state index contributed by atoms with van der Waals surface area (Å²) in [7, 11) is 0. The van der Waals surface area contributed by atoms with E-state index >= 15 is 0 Å². The molecule has 0 aliphatic heterocycles. The first-order chi connectivity index (χ1) is 30.7. The summed E-state index contributed by atoms with van der Waals surface area (Å²) in [5.41, 5.74) is 1.25. The molecule has 0 fully saturated rings.